The van der Waals surface area contributed by atoms with Gasteiger partial charge in [0, 0.05) is 18.6 Å². The number of likely N-dealkylation sites (tertiary alicyclic amines) is 1. The van der Waals surface area contributed by atoms with Gasteiger partial charge >= 0.3 is 0 Å². The average Bonchev–Trinajstić information content (AvgIpc) is 3.09. The number of fused-ring (bicyclic) bond motifs is 1. The Balaban J connectivity index is 2.05. The number of amides is 3. The van der Waals surface area contributed by atoms with Crippen LogP contribution in [0.3, 0.4) is 0 Å². The predicted octanol–water partition coefficient (Wildman–Crippen LogP) is 0.430. The Morgan fingerprint density at radius 2 is 1.97 bits per heavy atom. The van der Waals surface area contributed by atoms with E-state index in [1.165, 1.54) is 4.90 Å². The van der Waals surface area contributed by atoms with Crippen molar-refractivity contribution in [3.63, 3.8) is 0 Å². The first-order valence-electron chi connectivity index (χ1n) is 10.6. The van der Waals surface area contributed by atoms with Crippen LogP contribution in [0.4, 0.5) is 0 Å². The van der Waals surface area contributed by atoms with Crippen molar-refractivity contribution in [2.75, 3.05) is 19.7 Å². The zero-order valence-electron chi connectivity index (χ0n) is 18.4. The van der Waals surface area contributed by atoms with Crippen molar-refractivity contribution in [1.29, 1.82) is 0 Å². The van der Waals surface area contributed by atoms with E-state index in [0.29, 0.717) is 13.0 Å². The summed E-state index contributed by atoms with van der Waals surface area (Å²) in [4.78, 5) is 41.3. The third kappa shape index (κ3) is 3.24. The summed E-state index contributed by atoms with van der Waals surface area (Å²) in [6, 6.07) is -0.861. The summed E-state index contributed by atoms with van der Waals surface area (Å²) in [5.41, 5.74) is -2.34. The molecule has 3 fully saturated rings. The van der Waals surface area contributed by atoms with Gasteiger partial charge in [0.2, 0.25) is 17.7 Å². The van der Waals surface area contributed by atoms with Crippen LogP contribution in [0.1, 0.15) is 54.4 Å². The van der Waals surface area contributed by atoms with Gasteiger partial charge in [0.05, 0.1) is 24.0 Å². The van der Waals surface area contributed by atoms with Crippen LogP contribution in [0.2, 0.25) is 0 Å². The summed E-state index contributed by atoms with van der Waals surface area (Å²) >= 11 is 0. The molecule has 8 heteroatoms. The molecule has 2 bridgehead atoms. The number of nitrogens with zero attached hydrogens (tertiary/aromatic N) is 1. The summed E-state index contributed by atoms with van der Waals surface area (Å²) in [5, 5.41) is 15.5. The first-order valence-corrected chi connectivity index (χ1v) is 10.6. The number of aliphatic hydroxyl groups excluding tert-OH is 1. The Hall–Kier alpha value is -1.67. The third-order valence-corrected chi connectivity index (χ3v) is 6.73. The lowest BCUT2D eigenvalue weighted by Crippen LogP contribution is -2.58. The SMILES string of the molecule is CCCNC(=O)[C@H]1[C@H]2C(=O)N(CCO)C(C(=O)NC(C)(C)C)C23CC(C)[C@]1(C)O3. The van der Waals surface area contributed by atoms with Crippen LogP contribution in [0.5, 0.6) is 0 Å². The first kappa shape index (κ1) is 22.0. The monoisotopic (exact) mass is 409 g/mol. The molecule has 3 amide bonds. The van der Waals surface area contributed by atoms with Crippen LogP contribution in [-0.2, 0) is 19.1 Å². The fraction of sp³-hybridized carbons (Fsp3) is 0.857. The van der Waals surface area contributed by atoms with E-state index in [0.717, 1.165) is 6.42 Å². The number of hydrogen-bond acceptors (Lipinski definition) is 5. The van der Waals surface area contributed by atoms with Gasteiger partial charge in [0.1, 0.15) is 11.6 Å². The van der Waals surface area contributed by atoms with Gasteiger partial charge in [-0.2, -0.15) is 0 Å². The molecule has 1 spiro atoms. The molecule has 3 N–H and O–H groups in total. The quantitative estimate of drug-likeness (QED) is 0.590. The Bertz CT molecular complexity index is 705. The fourth-order valence-electron chi connectivity index (χ4n) is 5.58. The van der Waals surface area contributed by atoms with Crippen molar-refractivity contribution in [2.45, 2.75) is 77.2 Å². The van der Waals surface area contributed by atoms with Gasteiger partial charge in [0.25, 0.3) is 0 Å². The zero-order chi connectivity index (χ0) is 21.8. The maximum Gasteiger partial charge on any atom is 0.246 e. The molecule has 6 atom stereocenters. The van der Waals surface area contributed by atoms with Gasteiger partial charge in [-0.1, -0.05) is 13.8 Å². The number of rotatable bonds is 6. The van der Waals surface area contributed by atoms with Crippen molar-refractivity contribution in [2.24, 2.45) is 17.8 Å². The second-order valence-corrected chi connectivity index (χ2v) is 9.99. The Kier molecular flexibility index (Phi) is 5.49. The molecular weight excluding hydrogens is 374 g/mol. The van der Waals surface area contributed by atoms with E-state index in [2.05, 4.69) is 10.6 Å². The maximum absolute atomic E-state index is 13.5. The number of ether oxygens (including phenoxy) is 1. The highest BCUT2D eigenvalue weighted by molar-refractivity contribution is 5.99. The first-order chi connectivity index (χ1) is 13.4. The Morgan fingerprint density at radius 1 is 1.31 bits per heavy atom. The molecule has 0 aliphatic carbocycles. The number of carbonyl (C=O) groups is 3. The summed E-state index contributed by atoms with van der Waals surface area (Å²) in [6.07, 6.45) is 1.32. The summed E-state index contributed by atoms with van der Waals surface area (Å²) in [7, 11) is 0. The van der Waals surface area contributed by atoms with E-state index in [9.17, 15) is 19.5 Å². The molecular formula is C21H35N3O5. The van der Waals surface area contributed by atoms with E-state index < -0.39 is 34.6 Å². The molecule has 0 saturated carbocycles. The molecule has 0 aromatic heterocycles. The van der Waals surface area contributed by atoms with Crippen LogP contribution < -0.4 is 10.6 Å². The molecule has 3 saturated heterocycles. The van der Waals surface area contributed by atoms with Crippen molar-refractivity contribution in [3.8, 4) is 0 Å². The van der Waals surface area contributed by atoms with E-state index in [4.69, 9.17) is 4.74 Å². The lowest BCUT2D eigenvalue weighted by atomic mass is 9.62. The molecule has 3 heterocycles. The van der Waals surface area contributed by atoms with E-state index in [-0.39, 0.29) is 36.8 Å². The van der Waals surface area contributed by atoms with E-state index in [1.54, 1.807) is 0 Å². The van der Waals surface area contributed by atoms with Crippen LogP contribution in [0.15, 0.2) is 0 Å². The minimum absolute atomic E-state index is 0.0166. The highest BCUT2D eigenvalue weighted by atomic mass is 16.5. The number of carbonyl (C=O) groups excluding carboxylic acids is 3. The number of β-amino-alcohol motifs (C(OH)–C–C–N with tert-alkyl or cyclic N) is 1. The van der Waals surface area contributed by atoms with Crippen LogP contribution in [0, 0.1) is 17.8 Å². The fourth-order valence-corrected chi connectivity index (χ4v) is 5.58. The van der Waals surface area contributed by atoms with Crippen molar-refractivity contribution >= 4 is 17.7 Å². The van der Waals surface area contributed by atoms with E-state index >= 15 is 0 Å². The molecule has 29 heavy (non-hydrogen) atoms. The summed E-state index contributed by atoms with van der Waals surface area (Å²) in [6.45, 7) is 11.8. The van der Waals surface area contributed by atoms with Crippen LogP contribution >= 0.6 is 0 Å². The van der Waals surface area contributed by atoms with Crippen molar-refractivity contribution < 1.29 is 24.2 Å². The minimum Gasteiger partial charge on any atom is -0.395 e. The lowest BCUT2D eigenvalue weighted by molar-refractivity contribution is -0.148. The third-order valence-electron chi connectivity index (χ3n) is 6.73. The summed E-state index contributed by atoms with van der Waals surface area (Å²) < 4.78 is 6.53. The van der Waals surface area contributed by atoms with Crippen molar-refractivity contribution in [3.05, 3.63) is 0 Å². The number of aliphatic hydroxyl groups is 1. The predicted molar refractivity (Wildman–Crippen MR) is 107 cm³/mol. The number of nitrogens with one attached hydrogen (secondary N) is 2. The second kappa shape index (κ2) is 7.23. The molecule has 164 valence electrons. The highest BCUT2D eigenvalue weighted by Gasteiger charge is 2.79. The van der Waals surface area contributed by atoms with Crippen LogP contribution in [-0.4, -0.2) is 70.2 Å². The van der Waals surface area contributed by atoms with Crippen molar-refractivity contribution in [1.82, 2.24) is 15.5 Å². The van der Waals surface area contributed by atoms with Gasteiger partial charge in [-0.25, -0.2) is 0 Å². The molecule has 0 radical (unpaired) electrons. The zero-order valence-corrected chi connectivity index (χ0v) is 18.4. The second-order valence-electron chi connectivity index (χ2n) is 9.99. The van der Waals surface area contributed by atoms with Gasteiger partial charge in [-0.05, 0) is 46.5 Å². The Labute approximate surface area is 172 Å². The van der Waals surface area contributed by atoms with E-state index in [1.807, 2.05) is 41.5 Å². The van der Waals surface area contributed by atoms with Crippen LogP contribution in [0.25, 0.3) is 0 Å². The van der Waals surface area contributed by atoms with Gasteiger partial charge < -0.3 is 25.4 Å². The number of hydrogen-bond donors (Lipinski definition) is 3. The largest absolute Gasteiger partial charge is 0.395 e. The normalized spacial score (nSPS) is 38.3. The molecule has 3 aliphatic heterocycles. The van der Waals surface area contributed by atoms with Gasteiger partial charge in [0.15, 0.2) is 0 Å². The molecule has 8 nitrogen and oxygen atoms in total. The standard InChI is InChI=1S/C21H35N3O5/c1-7-8-22-16(26)13-14-18(28)24(9-10-25)15(17(27)23-19(3,4)5)21(14)11-12(2)20(13,6)29-21/h12-15,25H,7-11H2,1-6H3,(H,22,26)(H,23,27)/t12?,13-,14+,15?,20+,21?/m1/s1. The van der Waals surface area contributed by atoms with Gasteiger partial charge in [-0.3, -0.25) is 14.4 Å². The highest BCUT2D eigenvalue weighted by Crippen LogP contribution is 2.65. The Morgan fingerprint density at radius 3 is 2.52 bits per heavy atom. The molecule has 0 aromatic rings. The molecule has 3 unspecified atom stereocenters. The summed E-state index contributed by atoms with van der Waals surface area (Å²) in [5.74, 6) is -2.13. The smallest absolute Gasteiger partial charge is 0.246 e. The van der Waals surface area contributed by atoms with Gasteiger partial charge in [-0.15, -0.1) is 0 Å². The average molecular weight is 410 g/mol. The minimum atomic E-state index is -1.05. The molecule has 3 aliphatic rings. The topological polar surface area (TPSA) is 108 Å². The molecule has 3 rings (SSSR count). The lowest BCUT2D eigenvalue weighted by Gasteiger charge is -2.36. The maximum atomic E-state index is 13.5. The molecule has 0 aromatic carbocycles.